The summed E-state index contributed by atoms with van der Waals surface area (Å²) < 4.78 is 17.6. The largest absolute Gasteiger partial charge is 1.00 e. The van der Waals surface area contributed by atoms with Crippen LogP contribution >= 0.6 is 0 Å². The molecule has 0 heterocycles. The lowest BCUT2D eigenvalue weighted by Gasteiger charge is -2.31. The number of rotatable bonds is 21. The molecule has 29 heavy (non-hydrogen) atoms. The zero-order valence-electron chi connectivity index (χ0n) is 20.6. The average molecular weight is 454 g/mol. The first-order chi connectivity index (χ1) is 13.4. The Morgan fingerprint density at radius 3 is 1.28 bits per heavy atom. The van der Waals surface area contributed by atoms with Gasteiger partial charge in [-0.25, -0.2) is 0 Å². The quantitative estimate of drug-likeness (QED) is 0.151. The van der Waals surface area contributed by atoms with Crippen LogP contribution in [0.15, 0.2) is 0 Å². The zero-order valence-corrected chi connectivity index (χ0v) is 22.3. The minimum Gasteiger partial charge on any atom is -1.00 e. The maximum absolute atomic E-state index is 5.52. The number of unbranched alkanes of at least 4 members (excludes halogenated alkanes) is 12. The summed E-state index contributed by atoms with van der Waals surface area (Å²) in [6, 6.07) is 0.900. The molecule has 0 atom stereocenters. The number of hydrogen-bond acceptors (Lipinski definition) is 3. The van der Waals surface area contributed by atoms with Gasteiger partial charge in [-0.15, -0.1) is 0 Å². The Morgan fingerprint density at radius 2 is 0.897 bits per heavy atom. The van der Waals surface area contributed by atoms with Gasteiger partial charge in [0.15, 0.2) is 0 Å². The summed E-state index contributed by atoms with van der Waals surface area (Å²) in [5.74, 6) is 0. The van der Waals surface area contributed by atoms with Gasteiger partial charge in [-0.1, -0.05) is 77.6 Å². The Labute approximate surface area is 190 Å². The van der Waals surface area contributed by atoms with E-state index in [9.17, 15) is 0 Å². The summed E-state index contributed by atoms with van der Waals surface area (Å²) in [5.41, 5.74) is 0. The fraction of sp³-hybridized carbons (Fsp3) is 1.00. The summed E-state index contributed by atoms with van der Waals surface area (Å²) >= 11 is 0. The number of nitrogens with zero attached hydrogens (tertiary/aromatic N) is 1. The molecule has 0 fully saturated rings. The third-order valence-corrected chi connectivity index (χ3v) is 8.88. The standard InChI is InChI=1S/C23H52NO3Si.ClH/c1-7-8-9-10-11-12-13-14-15-16-17-18-19-21-24(2,3)22-20-23-28(25-4,26-5)27-6;/h7-23H2,1-6H3;1H/q+1;/p-1. The highest BCUT2D eigenvalue weighted by molar-refractivity contribution is 6.60. The smallest absolute Gasteiger partial charge is 0.500 e. The van der Waals surface area contributed by atoms with Crippen molar-refractivity contribution in [3.05, 3.63) is 0 Å². The molecule has 0 aliphatic rings. The molecule has 0 aromatic carbocycles. The van der Waals surface area contributed by atoms with Crippen molar-refractivity contribution in [1.82, 2.24) is 0 Å². The first kappa shape index (κ1) is 31.5. The van der Waals surface area contributed by atoms with Crippen molar-refractivity contribution < 1.29 is 30.2 Å². The van der Waals surface area contributed by atoms with Gasteiger partial charge in [0.2, 0.25) is 0 Å². The first-order valence-electron chi connectivity index (χ1n) is 11.9. The van der Waals surface area contributed by atoms with Crippen LogP contribution in [0.4, 0.5) is 0 Å². The van der Waals surface area contributed by atoms with Gasteiger partial charge in [0.05, 0.1) is 27.2 Å². The van der Waals surface area contributed by atoms with Gasteiger partial charge >= 0.3 is 8.80 Å². The molecule has 0 aromatic heterocycles. The summed E-state index contributed by atoms with van der Waals surface area (Å²) in [6.45, 7) is 4.71. The Balaban J connectivity index is 0. The summed E-state index contributed by atoms with van der Waals surface area (Å²) in [4.78, 5) is 0. The monoisotopic (exact) mass is 453 g/mol. The molecule has 0 aliphatic heterocycles. The second kappa shape index (κ2) is 20.3. The van der Waals surface area contributed by atoms with Gasteiger partial charge in [-0.3, -0.25) is 0 Å². The molecule has 0 rings (SSSR count). The Kier molecular flexibility index (Phi) is 22.0. The van der Waals surface area contributed by atoms with Gasteiger partial charge in [0.1, 0.15) is 0 Å². The van der Waals surface area contributed by atoms with Crippen LogP contribution in [0.25, 0.3) is 0 Å². The highest BCUT2D eigenvalue weighted by Gasteiger charge is 2.37. The van der Waals surface area contributed by atoms with Gasteiger partial charge in [0.25, 0.3) is 0 Å². The van der Waals surface area contributed by atoms with E-state index in [1.54, 1.807) is 21.3 Å². The highest BCUT2D eigenvalue weighted by atomic mass is 35.5. The predicted octanol–water partition coefficient (Wildman–Crippen LogP) is 3.43. The van der Waals surface area contributed by atoms with E-state index < -0.39 is 8.80 Å². The molecule has 0 radical (unpaired) electrons. The number of halogens is 1. The fourth-order valence-electron chi connectivity index (χ4n) is 3.95. The summed E-state index contributed by atoms with van der Waals surface area (Å²) in [5, 5.41) is 0. The van der Waals surface area contributed by atoms with Crippen molar-refractivity contribution >= 4 is 8.80 Å². The zero-order chi connectivity index (χ0) is 21.1. The predicted molar refractivity (Wildman–Crippen MR) is 124 cm³/mol. The van der Waals surface area contributed by atoms with Gasteiger partial charge in [0, 0.05) is 33.8 Å². The van der Waals surface area contributed by atoms with Crippen LogP contribution in [0, 0.1) is 0 Å². The topological polar surface area (TPSA) is 27.7 Å². The molecule has 0 unspecified atom stereocenters. The molecule has 0 amide bonds. The molecule has 4 nitrogen and oxygen atoms in total. The lowest BCUT2D eigenvalue weighted by atomic mass is 10.0. The fourth-order valence-corrected chi connectivity index (χ4v) is 5.65. The average Bonchev–Trinajstić information content (AvgIpc) is 2.69. The van der Waals surface area contributed by atoms with Crippen molar-refractivity contribution in [2.24, 2.45) is 0 Å². The van der Waals surface area contributed by atoms with Crippen molar-refractivity contribution in [2.75, 3.05) is 48.5 Å². The van der Waals surface area contributed by atoms with E-state index in [0.29, 0.717) is 0 Å². The van der Waals surface area contributed by atoms with Crippen molar-refractivity contribution in [3.63, 3.8) is 0 Å². The molecule has 0 saturated heterocycles. The molecule has 178 valence electrons. The maximum Gasteiger partial charge on any atom is 0.500 e. The van der Waals surface area contributed by atoms with E-state index in [-0.39, 0.29) is 12.4 Å². The minimum atomic E-state index is -2.40. The number of quaternary nitrogens is 1. The molecule has 0 aliphatic carbocycles. The highest BCUT2D eigenvalue weighted by Crippen LogP contribution is 2.17. The van der Waals surface area contributed by atoms with Crippen LogP contribution in [0.1, 0.15) is 96.8 Å². The molecular weight excluding hydrogens is 402 g/mol. The van der Waals surface area contributed by atoms with Crippen LogP contribution in [0.5, 0.6) is 0 Å². The van der Waals surface area contributed by atoms with Crippen molar-refractivity contribution in [2.45, 2.75) is 103 Å². The summed E-state index contributed by atoms with van der Waals surface area (Å²) in [6.07, 6.45) is 19.5. The molecule has 0 bridgehead atoms. The van der Waals surface area contributed by atoms with E-state index >= 15 is 0 Å². The lowest BCUT2D eigenvalue weighted by Crippen LogP contribution is -3.00. The molecule has 0 aromatic rings. The lowest BCUT2D eigenvalue weighted by molar-refractivity contribution is -0.890. The molecule has 0 saturated carbocycles. The Hall–Kier alpha value is 0.347. The van der Waals surface area contributed by atoms with Crippen LogP contribution in [-0.4, -0.2) is 61.8 Å². The maximum atomic E-state index is 5.52. The molecule has 6 heteroatoms. The summed E-state index contributed by atoms with van der Waals surface area (Å²) in [7, 11) is 7.39. The Morgan fingerprint density at radius 1 is 0.552 bits per heavy atom. The minimum absolute atomic E-state index is 0. The van der Waals surface area contributed by atoms with Crippen LogP contribution in [0.3, 0.4) is 0 Å². The van der Waals surface area contributed by atoms with E-state index in [1.165, 1.54) is 90.0 Å². The van der Waals surface area contributed by atoms with Gasteiger partial charge in [-0.2, -0.15) is 0 Å². The van der Waals surface area contributed by atoms with Gasteiger partial charge < -0.3 is 30.2 Å². The number of hydrogen-bond donors (Lipinski definition) is 0. The van der Waals surface area contributed by atoms with E-state index in [0.717, 1.165) is 23.5 Å². The van der Waals surface area contributed by atoms with Crippen molar-refractivity contribution in [1.29, 1.82) is 0 Å². The second-order valence-electron chi connectivity index (χ2n) is 9.02. The molecule has 0 spiro atoms. The van der Waals surface area contributed by atoms with Crippen molar-refractivity contribution in [3.8, 4) is 0 Å². The third kappa shape index (κ3) is 17.7. The SMILES string of the molecule is CCCCCCCCCCCCCCC[N+](C)(C)CCC[Si](OC)(OC)OC.[Cl-]. The van der Waals surface area contributed by atoms with Crippen LogP contribution in [-0.2, 0) is 13.3 Å². The van der Waals surface area contributed by atoms with Crippen LogP contribution in [0.2, 0.25) is 6.04 Å². The van der Waals surface area contributed by atoms with Gasteiger partial charge in [-0.05, 0) is 12.8 Å². The Bertz CT molecular complexity index is 334. The molecule has 0 N–H and O–H groups in total. The van der Waals surface area contributed by atoms with Crippen LogP contribution < -0.4 is 12.4 Å². The second-order valence-corrected chi connectivity index (χ2v) is 12.1. The van der Waals surface area contributed by atoms with E-state index in [1.807, 2.05) is 0 Å². The molecular formula is C23H52ClNO3Si. The third-order valence-electron chi connectivity index (χ3n) is 6.05. The first-order valence-corrected chi connectivity index (χ1v) is 13.9. The van der Waals surface area contributed by atoms with E-state index in [2.05, 4.69) is 21.0 Å². The van der Waals surface area contributed by atoms with E-state index in [4.69, 9.17) is 13.3 Å². The normalized spacial score (nSPS) is 12.2.